The standard InChI is InChI=1S/C47H3.C19H12N2.C19H11N2.2Ir/c1-3-5-7-9-11-13-15-17-19-21-23-25-27-29-31-33-35-37-39-41-43-45-47-46-44-42-40-38-36-34-32-30-28-26-24-22-20-18-16-14-12-10-8-6-4-2;2*1-2-7-14-13(6-1)12-21-18(14)16-9-4-3-8-15(16)17-10-5-11-20-19(17)21;;/h1H3;1-12H;1-11H;;/q-1;;-1;;. The van der Waals surface area contributed by atoms with Crippen molar-refractivity contribution in [2.75, 3.05) is 0 Å². The molecule has 6 heteroatoms. The average Bonchev–Trinajstić information content (AvgIpc) is 1.66. The van der Waals surface area contributed by atoms with Gasteiger partial charge in [0, 0.05) is 228 Å². The smallest absolute Gasteiger partial charge is 0.145 e. The van der Waals surface area contributed by atoms with E-state index >= 15 is 0 Å². The summed E-state index contributed by atoms with van der Waals surface area (Å²) in [6, 6.07) is 42.3. The minimum absolute atomic E-state index is 0. The number of hydrogen-bond donors (Lipinski definition) is 0. The molecule has 6 heterocycles. The van der Waals surface area contributed by atoms with E-state index in [0.717, 1.165) is 22.1 Å². The quantitative estimate of drug-likeness (QED) is 0.0862. The van der Waals surface area contributed by atoms with Gasteiger partial charge in [0.2, 0.25) is 0 Å². The minimum atomic E-state index is 0. The Morgan fingerprint density at radius 2 is 0.593 bits per heavy atom. The molecule has 406 valence electrons. The van der Waals surface area contributed by atoms with Gasteiger partial charge in [-0.3, -0.25) is 15.3 Å². The first kappa shape index (κ1) is 65.6. The van der Waals surface area contributed by atoms with Crippen LogP contribution in [0.1, 0.15) is 6.92 Å². The number of pyridine rings is 4. The van der Waals surface area contributed by atoms with E-state index in [1.807, 2.05) is 30.4 Å². The maximum Gasteiger partial charge on any atom is 0.145 e. The monoisotopic (exact) mass is 1490 g/mol. The topological polar surface area (TPSA) is 34.6 Å². The summed E-state index contributed by atoms with van der Waals surface area (Å²) < 4.78 is 4.32. The number of fused-ring (bicyclic) bond motifs is 16. The number of rotatable bonds is 0. The molecule has 0 saturated carbocycles. The van der Waals surface area contributed by atoms with E-state index in [0.29, 0.717) is 0 Å². The first-order valence-corrected chi connectivity index (χ1v) is 25.8. The molecular weight excluding hydrogens is 1460 g/mol. The minimum Gasteiger partial charge on any atom is -0.401 e. The Kier molecular flexibility index (Phi) is 27.6. The summed E-state index contributed by atoms with van der Waals surface area (Å²) in [5, 5.41) is 12.3. The predicted octanol–water partition coefficient (Wildman–Crippen LogP) is 10.1. The second-order valence-electron chi connectivity index (χ2n) is 16.4. The fraction of sp³-hybridized carbons (Fsp3) is 0.0118. The van der Waals surface area contributed by atoms with Crippen LogP contribution < -0.4 is 0 Å². The summed E-state index contributed by atoms with van der Waals surface area (Å²) in [5.41, 5.74) is 4.41. The van der Waals surface area contributed by atoms with Crippen LogP contribution in [0.3, 0.4) is 0 Å². The normalized spacial score (nSPS) is 7.47. The van der Waals surface area contributed by atoms with E-state index in [2.05, 4.69) is 401 Å². The third kappa shape index (κ3) is 19.8. The number of aromatic nitrogens is 4. The number of nitrogens with zero attached hydrogens (tertiary/aromatic N) is 4. The molecule has 0 aliphatic heterocycles. The van der Waals surface area contributed by atoms with Crippen molar-refractivity contribution in [1.82, 2.24) is 18.8 Å². The summed E-state index contributed by atoms with van der Waals surface area (Å²) in [6.07, 6.45) is 15.9. The van der Waals surface area contributed by atoms with Crippen molar-refractivity contribution in [2.24, 2.45) is 0 Å². The molecule has 10 aromatic rings. The predicted molar refractivity (Wildman–Crippen MR) is 358 cm³/mol. The fourth-order valence-corrected chi connectivity index (χ4v) is 7.92. The molecule has 10 rings (SSSR count). The summed E-state index contributed by atoms with van der Waals surface area (Å²) in [5.74, 6) is 111. The van der Waals surface area contributed by atoms with Gasteiger partial charge in [0.15, 0.2) is 0 Å². The molecule has 0 atom stereocenters. The van der Waals surface area contributed by atoms with Crippen molar-refractivity contribution in [2.45, 2.75) is 6.92 Å². The zero-order chi connectivity index (χ0) is 61.4. The van der Waals surface area contributed by atoms with Crippen LogP contribution in [0.5, 0.6) is 0 Å². The third-order valence-corrected chi connectivity index (χ3v) is 11.1. The fourth-order valence-electron chi connectivity index (χ4n) is 7.92. The van der Waals surface area contributed by atoms with E-state index in [4.69, 9.17) is 6.42 Å². The van der Waals surface area contributed by atoms with Gasteiger partial charge in [-0.2, -0.15) is 0 Å². The molecular formula is C85H26Ir2N4-2. The molecule has 2 radical (unpaired) electrons. The molecule has 0 spiro atoms. The molecule has 0 aliphatic carbocycles. The molecule has 6 aromatic heterocycles. The zero-order valence-corrected chi connectivity index (χ0v) is 52.0. The van der Waals surface area contributed by atoms with Crippen molar-refractivity contribution in [3.8, 4) is 266 Å². The van der Waals surface area contributed by atoms with Gasteiger partial charge in [-0.1, -0.05) is 108 Å². The summed E-state index contributed by atoms with van der Waals surface area (Å²) >= 11 is 0. The molecule has 0 saturated heterocycles. The van der Waals surface area contributed by atoms with Crippen LogP contribution in [0, 0.1) is 279 Å². The van der Waals surface area contributed by atoms with Gasteiger partial charge in [0.05, 0.1) is 11.2 Å². The summed E-state index contributed by atoms with van der Waals surface area (Å²) in [6.45, 7) is 1.69. The maximum absolute atomic E-state index is 6.56. The second kappa shape index (κ2) is 38.3. The molecule has 0 amide bonds. The summed E-state index contributed by atoms with van der Waals surface area (Å²) in [7, 11) is 0. The molecule has 0 N–H and O–H groups in total. The van der Waals surface area contributed by atoms with Crippen LogP contribution in [-0.4, -0.2) is 18.8 Å². The first-order valence-electron chi connectivity index (χ1n) is 25.8. The molecule has 0 fully saturated rings. The first-order chi connectivity index (χ1) is 44.3. The Hall–Kier alpha value is -14.6. The van der Waals surface area contributed by atoms with Crippen LogP contribution >= 0.6 is 0 Å². The molecule has 0 aliphatic rings. The number of benzene rings is 4. The molecule has 0 bridgehead atoms. The van der Waals surface area contributed by atoms with E-state index in [-0.39, 0.29) is 40.2 Å². The zero-order valence-electron chi connectivity index (χ0n) is 47.2. The van der Waals surface area contributed by atoms with E-state index in [9.17, 15) is 0 Å². The van der Waals surface area contributed by atoms with Gasteiger partial charge in [0.1, 0.15) is 5.65 Å². The van der Waals surface area contributed by atoms with Gasteiger partial charge in [0.25, 0.3) is 0 Å². The Morgan fingerprint density at radius 3 is 0.989 bits per heavy atom. The SMILES string of the molecule is [C-]#CC#CC#CC#CC#CC#CC#CC#CC#CC#CC#CC#CC#CC#CC#CC#CC#CC#CC#CC#CC#CC#CC#CC.[Ir].[Ir].[c-]1c2ccccc2c2c3ccccc3c3cccnc3n12.c1ccc2c(c1)cn1c3ncccc3c3ccccc3c21. The molecule has 91 heavy (non-hydrogen) atoms. The van der Waals surface area contributed by atoms with Gasteiger partial charge in [-0.25, -0.2) is 10.9 Å². The van der Waals surface area contributed by atoms with E-state index in [1.165, 1.54) is 54.1 Å². The number of hydrogen-bond acceptors (Lipinski definition) is 2. The van der Waals surface area contributed by atoms with E-state index < -0.39 is 0 Å². The van der Waals surface area contributed by atoms with Crippen molar-refractivity contribution in [3.63, 3.8) is 0 Å². The Balaban J connectivity index is 0.000000241. The van der Waals surface area contributed by atoms with Crippen molar-refractivity contribution in [3.05, 3.63) is 153 Å². The van der Waals surface area contributed by atoms with Gasteiger partial charge < -0.3 is 10.8 Å². The van der Waals surface area contributed by atoms with Crippen molar-refractivity contribution in [1.29, 1.82) is 0 Å². The second-order valence-corrected chi connectivity index (χ2v) is 16.4. The Labute approximate surface area is 556 Å². The van der Waals surface area contributed by atoms with Crippen molar-refractivity contribution < 1.29 is 40.2 Å². The maximum atomic E-state index is 6.56. The Morgan fingerprint density at radius 1 is 0.297 bits per heavy atom. The Bertz CT molecular complexity index is 6060. The molecule has 4 aromatic carbocycles. The molecule has 0 unspecified atom stereocenters. The van der Waals surface area contributed by atoms with Gasteiger partial charge in [-0.15, -0.1) is 17.4 Å². The van der Waals surface area contributed by atoms with Crippen LogP contribution in [0.2, 0.25) is 0 Å². The van der Waals surface area contributed by atoms with Crippen LogP contribution in [0.4, 0.5) is 0 Å². The van der Waals surface area contributed by atoms with Crippen LogP contribution in [0.25, 0.3) is 76.2 Å². The molecule has 4 nitrogen and oxygen atoms in total. The van der Waals surface area contributed by atoms with Crippen molar-refractivity contribution >= 4 is 76.2 Å². The van der Waals surface area contributed by atoms with Gasteiger partial charge in [-0.05, 0) is 153 Å². The summed E-state index contributed by atoms with van der Waals surface area (Å²) in [4.78, 5) is 9.20. The van der Waals surface area contributed by atoms with Crippen LogP contribution in [0.15, 0.2) is 140 Å². The van der Waals surface area contributed by atoms with Crippen LogP contribution in [-0.2, 0) is 40.2 Å². The van der Waals surface area contributed by atoms with E-state index in [1.54, 1.807) is 6.92 Å². The van der Waals surface area contributed by atoms with Gasteiger partial charge >= 0.3 is 0 Å². The third-order valence-electron chi connectivity index (χ3n) is 11.1. The largest absolute Gasteiger partial charge is 0.401 e. The average molecular weight is 1490 g/mol.